The lowest BCUT2D eigenvalue weighted by Gasteiger charge is -2.36. The molecule has 7 nitrogen and oxygen atoms in total. The number of hydrogen-bond acceptors (Lipinski definition) is 5. The number of likely N-dealkylation sites (tertiary alicyclic amines) is 1. The van der Waals surface area contributed by atoms with E-state index in [2.05, 4.69) is 41.3 Å². The molecule has 1 fully saturated rings. The van der Waals surface area contributed by atoms with E-state index in [-0.39, 0.29) is 24.0 Å². The SMILES string of the molecule is CC(C)(C)CN1CCC[C@H](n2cc(C(=O)NCCCO)nn2)C1. The molecule has 0 saturated carbocycles. The number of piperidine rings is 1. The molecule has 1 aliphatic heterocycles. The number of nitrogens with zero attached hydrogens (tertiary/aromatic N) is 4. The van der Waals surface area contributed by atoms with Gasteiger partial charge in [0.2, 0.25) is 0 Å². The minimum atomic E-state index is -0.230. The monoisotopic (exact) mass is 323 g/mol. The maximum absolute atomic E-state index is 11.9. The Balaban J connectivity index is 1.93. The van der Waals surface area contributed by atoms with Crippen LogP contribution in [0.5, 0.6) is 0 Å². The zero-order valence-electron chi connectivity index (χ0n) is 14.5. The van der Waals surface area contributed by atoms with Crippen molar-refractivity contribution in [2.45, 2.75) is 46.1 Å². The number of aliphatic hydroxyl groups excluding tert-OH is 1. The zero-order valence-corrected chi connectivity index (χ0v) is 14.5. The molecule has 0 unspecified atom stereocenters. The van der Waals surface area contributed by atoms with Gasteiger partial charge in [0.1, 0.15) is 0 Å². The molecule has 0 radical (unpaired) electrons. The second-order valence-corrected chi connectivity index (χ2v) is 7.51. The molecule has 0 bridgehead atoms. The van der Waals surface area contributed by atoms with Crippen molar-refractivity contribution in [3.8, 4) is 0 Å². The molecule has 1 aliphatic rings. The predicted octanol–water partition coefficient (Wildman–Crippen LogP) is 1.07. The van der Waals surface area contributed by atoms with Crippen molar-refractivity contribution in [3.63, 3.8) is 0 Å². The topological polar surface area (TPSA) is 83.3 Å². The highest BCUT2D eigenvalue weighted by molar-refractivity contribution is 5.91. The van der Waals surface area contributed by atoms with Crippen LogP contribution in [0.3, 0.4) is 0 Å². The van der Waals surface area contributed by atoms with Gasteiger partial charge in [-0.1, -0.05) is 26.0 Å². The third-order valence-corrected chi connectivity index (χ3v) is 3.92. The summed E-state index contributed by atoms with van der Waals surface area (Å²) in [6.45, 7) is 10.4. The van der Waals surface area contributed by atoms with Crippen LogP contribution in [0.25, 0.3) is 0 Å². The molecule has 23 heavy (non-hydrogen) atoms. The average Bonchev–Trinajstić information content (AvgIpc) is 2.96. The Morgan fingerprint density at radius 2 is 2.26 bits per heavy atom. The molecule has 2 heterocycles. The molecule has 1 saturated heterocycles. The Labute approximate surface area is 138 Å². The van der Waals surface area contributed by atoms with Gasteiger partial charge in [-0.05, 0) is 31.2 Å². The summed E-state index contributed by atoms with van der Waals surface area (Å²) in [6, 6.07) is 0.276. The Morgan fingerprint density at radius 3 is 2.96 bits per heavy atom. The summed E-state index contributed by atoms with van der Waals surface area (Å²) in [4.78, 5) is 14.4. The number of carbonyl (C=O) groups is 1. The molecule has 0 spiro atoms. The van der Waals surface area contributed by atoms with Gasteiger partial charge in [-0.15, -0.1) is 5.10 Å². The minimum Gasteiger partial charge on any atom is -0.396 e. The standard InChI is InChI=1S/C16H29N5O2/c1-16(2,3)12-20-8-4-6-13(10-20)21-11-14(18-19-21)15(23)17-7-5-9-22/h11,13,22H,4-10,12H2,1-3H3,(H,17,23)/t13-/m0/s1. The molecule has 0 aliphatic carbocycles. The molecular formula is C16H29N5O2. The lowest BCUT2D eigenvalue weighted by atomic mass is 9.94. The quantitative estimate of drug-likeness (QED) is 0.765. The van der Waals surface area contributed by atoms with E-state index in [1.54, 1.807) is 6.20 Å². The third kappa shape index (κ3) is 5.58. The van der Waals surface area contributed by atoms with Gasteiger partial charge in [-0.25, -0.2) is 4.68 Å². The summed E-state index contributed by atoms with van der Waals surface area (Å²) in [6.07, 6.45) is 4.48. The van der Waals surface area contributed by atoms with Crippen LogP contribution in [0.2, 0.25) is 0 Å². The first kappa shape index (κ1) is 17.9. The zero-order chi connectivity index (χ0) is 16.9. The van der Waals surface area contributed by atoms with Gasteiger partial charge in [0.25, 0.3) is 5.91 Å². The average molecular weight is 323 g/mol. The molecule has 1 amide bonds. The number of aromatic nitrogens is 3. The van der Waals surface area contributed by atoms with Gasteiger partial charge in [-0.2, -0.15) is 0 Å². The smallest absolute Gasteiger partial charge is 0.273 e. The number of rotatable bonds is 6. The Bertz CT molecular complexity index is 509. The lowest BCUT2D eigenvalue weighted by Crippen LogP contribution is -2.41. The lowest BCUT2D eigenvalue weighted by molar-refractivity contribution is 0.0946. The molecule has 7 heteroatoms. The highest BCUT2D eigenvalue weighted by atomic mass is 16.3. The highest BCUT2D eigenvalue weighted by Gasteiger charge is 2.26. The largest absolute Gasteiger partial charge is 0.396 e. The van der Waals surface area contributed by atoms with Crippen molar-refractivity contribution in [1.82, 2.24) is 25.2 Å². The molecule has 2 rings (SSSR count). The van der Waals surface area contributed by atoms with Crippen LogP contribution in [0, 0.1) is 5.41 Å². The van der Waals surface area contributed by atoms with Crippen molar-refractivity contribution in [3.05, 3.63) is 11.9 Å². The highest BCUT2D eigenvalue weighted by Crippen LogP contribution is 2.24. The molecule has 1 aromatic heterocycles. The van der Waals surface area contributed by atoms with Gasteiger partial charge in [-0.3, -0.25) is 4.79 Å². The predicted molar refractivity (Wildman–Crippen MR) is 88.2 cm³/mol. The van der Waals surface area contributed by atoms with Gasteiger partial charge < -0.3 is 15.3 Å². The van der Waals surface area contributed by atoms with Crippen molar-refractivity contribution in [1.29, 1.82) is 0 Å². The van der Waals surface area contributed by atoms with E-state index >= 15 is 0 Å². The van der Waals surface area contributed by atoms with E-state index in [9.17, 15) is 4.79 Å². The number of amides is 1. The van der Waals surface area contributed by atoms with Gasteiger partial charge in [0, 0.05) is 26.2 Å². The third-order valence-electron chi connectivity index (χ3n) is 3.92. The van der Waals surface area contributed by atoms with Crippen LogP contribution in [0.15, 0.2) is 6.20 Å². The van der Waals surface area contributed by atoms with Crippen molar-refractivity contribution < 1.29 is 9.90 Å². The summed E-state index contributed by atoms with van der Waals surface area (Å²) < 4.78 is 1.83. The van der Waals surface area contributed by atoms with Crippen LogP contribution in [0.4, 0.5) is 0 Å². The van der Waals surface area contributed by atoms with E-state index in [1.165, 1.54) is 0 Å². The van der Waals surface area contributed by atoms with Crippen LogP contribution < -0.4 is 5.32 Å². The van der Waals surface area contributed by atoms with E-state index in [0.29, 0.717) is 18.7 Å². The van der Waals surface area contributed by atoms with E-state index in [0.717, 1.165) is 32.5 Å². The second-order valence-electron chi connectivity index (χ2n) is 7.51. The van der Waals surface area contributed by atoms with E-state index in [4.69, 9.17) is 5.11 Å². The minimum absolute atomic E-state index is 0.0681. The van der Waals surface area contributed by atoms with Crippen LogP contribution in [-0.2, 0) is 0 Å². The van der Waals surface area contributed by atoms with Gasteiger partial charge in [0.05, 0.1) is 12.2 Å². The number of hydrogen-bond donors (Lipinski definition) is 2. The fraction of sp³-hybridized carbons (Fsp3) is 0.812. The first-order chi connectivity index (χ1) is 10.9. The number of aliphatic hydroxyl groups is 1. The fourth-order valence-electron chi connectivity index (χ4n) is 2.99. The molecule has 130 valence electrons. The Kier molecular flexibility index (Phi) is 6.12. The second kappa shape index (κ2) is 7.88. The normalized spacial score (nSPS) is 19.7. The number of carbonyl (C=O) groups excluding carboxylic acids is 1. The van der Waals surface area contributed by atoms with Crippen LogP contribution in [0.1, 0.15) is 56.6 Å². The van der Waals surface area contributed by atoms with Gasteiger partial charge >= 0.3 is 0 Å². The van der Waals surface area contributed by atoms with Crippen molar-refractivity contribution >= 4 is 5.91 Å². The summed E-state index contributed by atoms with van der Waals surface area (Å²) >= 11 is 0. The Hall–Kier alpha value is -1.47. The maximum Gasteiger partial charge on any atom is 0.273 e. The van der Waals surface area contributed by atoms with Crippen molar-refractivity contribution in [2.24, 2.45) is 5.41 Å². The summed E-state index contributed by atoms with van der Waals surface area (Å²) in [5.41, 5.74) is 0.623. The first-order valence-corrected chi connectivity index (χ1v) is 8.42. The van der Waals surface area contributed by atoms with Crippen LogP contribution >= 0.6 is 0 Å². The molecule has 2 N–H and O–H groups in total. The molecular weight excluding hydrogens is 294 g/mol. The first-order valence-electron chi connectivity index (χ1n) is 8.42. The summed E-state index contributed by atoms with van der Waals surface area (Å²) in [5.74, 6) is -0.230. The van der Waals surface area contributed by atoms with Gasteiger partial charge in [0.15, 0.2) is 5.69 Å². The molecule has 1 aromatic rings. The van der Waals surface area contributed by atoms with Crippen LogP contribution in [-0.4, -0.2) is 63.7 Å². The van der Waals surface area contributed by atoms with E-state index in [1.807, 2.05) is 4.68 Å². The van der Waals surface area contributed by atoms with Crippen molar-refractivity contribution in [2.75, 3.05) is 32.8 Å². The molecule has 1 atom stereocenters. The maximum atomic E-state index is 11.9. The summed E-state index contributed by atoms with van der Waals surface area (Å²) in [5, 5.41) is 19.6. The Morgan fingerprint density at radius 1 is 1.48 bits per heavy atom. The fourth-order valence-corrected chi connectivity index (χ4v) is 2.99. The van der Waals surface area contributed by atoms with E-state index < -0.39 is 0 Å². The number of nitrogens with one attached hydrogen (secondary N) is 1. The summed E-state index contributed by atoms with van der Waals surface area (Å²) in [7, 11) is 0. The molecule has 0 aromatic carbocycles.